The SMILES string of the molecule is CC(=O)c1cccc(NC(=O)CNCc2ccc3c(c2)OCO3)c1. The van der Waals surface area contributed by atoms with E-state index < -0.39 is 0 Å². The Morgan fingerprint density at radius 1 is 1.08 bits per heavy atom. The van der Waals surface area contributed by atoms with Gasteiger partial charge in [0.1, 0.15) is 0 Å². The molecule has 1 aliphatic heterocycles. The van der Waals surface area contributed by atoms with Crippen LogP contribution in [0.5, 0.6) is 11.5 Å². The number of carbonyl (C=O) groups is 2. The molecule has 0 bridgehead atoms. The number of anilines is 1. The molecule has 0 aromatic heterocycles. The predicted octanol–water partition coefficient (Wildman–Crippen LogP) is 2.35. The van der Waals surface area contributed by atoms with Crippen molar-refractivity contribution in [3.05, 3.63) is 53.6 Å². The molecule has 0 fully saturated rings. The molecule has 2 N–H and O–H groups in total. The number of amides is 1. The van der Waals surface area contributed by atoms with E-state index in [0.29, 0.717) is 17.8 Å². The normalized spacial score (nSPS) is 12.0. The van der Waals surface area contributed by atoms with E-state index in [1.807, 2.05) is 18.2 Å². The lowest BCUT2D eigenvalue weighted by Gasteiger charge is -2.08. The van der Waals surface area contributed by atoms with Gasteiger partial charge in [0.2, 0.25) is 12.7 Å². The summed E-state index contributed by atoms with van der Waals surface area (Å²) in [6.45, 7) is 2.44. The van der Waals surface area contributed by atoms with Gasteiger partial charge in [0, 0.05) is 17.8 Å². The molecule has 1 amide bonds. The second-order valence-electron chi connectivity index (χ2n) is 5.48. The molecule has 3 rings (SSSR count). The first-order chi connectivity index (χ1) is 11.6. The molecule has 2 aromatic rings. The fourth-order valence-corrected chi connectivity index (χ4v) is 2.39. The van der Waals surface area contributed by atoms with Crippen LogP contribution in [-0.4, -0.2) is 25.0 Å². The molecule has 0 saturated heterocycles. The van der Waals surface area contributed by atoms with Crippen molar-refractivity contribution in [1.29, 1.82) is 0 Å². The van der Waals surface area contributed by atoms with Gasteiger partial charge in [0.05, 0.1) is 6.54 Å². The first kappa shape index (κ1) is 16.0. The molecule has 0 atom stereocenters. The monoisotopic (exact) mass is 326 g/mol. The number of nitrogens with one attached hydrogen (secondary N) is 2. The summed E-state index contributed by atoms with van der Waals surface area (Å²) in [6, 6.07) is 12.5. The number of hydrogen-bond acceptors (Lipinski definition) is 5. The molecule has 6 nitrogen and oxygen atoms in total. The summed E-state index contributed by atoms with van der Waals surface area (Å²) in [5, 5.41) is 5.84. The summed E-state index contributed by atoms with van der Waals surface area (Å²) < 4.78 is 10.6. The Morgan fingerprint density at radius 3 is 2.75 bits per heavy atom. The molecule has 0 unspecified atom stereocenters. The van der Waals surface area contributed by atoms with Crippen LogP contribution in [0.25, 0.3) is 0 Å². The molecular weight excluding hydrogens is 308 g/mol. The van der Waals surface area contributed by atoms with E-state index in [1.165, 1.54) is 6.92 Å². The van der Waals surface area contributed by atoms with Crippen molar-refractivity contribution in [2.24, 2.45) is 0 Å². The third-order valence-electron chi connectivity index (χ3n) is 3.60. The molecule has 24 heavy (non-hydrogen) atoms. The van der Waals surface area contributed by atoms with E-state index in [-0.39, 0.29) is 25.0 Å². The maximum atomic E-state index is 12.0. The van der Waals surface area contributed by atoms with Gasteiger partial charge >= 0.3 is 0 Å². The zero-order chi connectivity index (χ0) is 16.9. The number of ether oxygens (including phenoxy) is 2. The standard InChI is InChI=1S/C18H18N2O4/c1-12(21)14-3-2-4-15(8-14)20-18(22)10-19-9-13-5-6-16-17(7-13)24-11-23-16/h2-8,19H,9-11H2,1H3,(H,20,22). The van der Waals surface area contributed by atoms with Crippen LogP contribution in [-0.2, 0) is 11.3 Å². The zero-order valence-corrected chi connectivity index (χ0v) is 13.3. The number of hydrogen-bond donors (Lipinski definition) is 2. The van der Waals surface area contributed by atoms with Crippen LogP contribution in [0, 0.1) is 0 Å². The summed E-state index contributed by atoms with van der Waals surface area (Å²) >= 11 is 0. The number of Topliss-reactive ketones (excluding diaryl/α,β-unsaturated/α-hetero) is 1. The Kier molecular flexibility index (Phi) is 4.77. The third-order valence-corrected chi connectivity index (χ3v) is 3.60. The zero-order valence-electron chi connectivity index (χ0n) is 13.3. The molecule has 0 saturated carbocycles. The van der Waals surface area contributed by atoms with Crippen molar-refractivity contribution in [2.45, 2.75) is 13.5 Å². The minimum absolute atomic E-state index is 0.0352. The Hall–Kier alpha value is -2.86. The molecule has 6 heteroatoms. The summed E-state index contributed by atoms with van der Waals surface area (Å²) in [5.74, 6) is 1.25. The highest BCUT2D eigenvalue weighted by molar-refractivity contribution is 5.97. The second kappa shape index (κ2) is 7.14. The Bertz CT molecular complexity index is 773. The van der Waals surface area contributed by atoms with E-state index in [1.54, 1.807) is 24.3 Å². The minimum atomic E-state index is -0.170. The number of benzene rings is 2. The number of carbonyl (C=O) groups excluding carboxylic acids is 2. The maximum absolute atomic E-state index is 12.0. The predicted molar refractivity (Wildman–Crippen MR) is 89.3 cm³/mol. The van der Waals surface area contributed by atoms with Gasteiger partial charge in [-0.15, -0.1) is 0 Å². The molecule has 1 heterocycles. The van der Waals surface area contributed by atoms with E-state index in [4.69, 9.17) is 9.47 Å². The Labute approximate surface area is 139 Å². The molecule has 2 aromatic carbocycles. The summed E-state index contributed by atoms with van der Waals surface area (Å²) in [4.78, 5) is 23.3. The van der Waals surface area contributed by atoms with Crippen LogP contribution in [0.3, 0.4) is 0 Å². The molecule has 0 spiro atoms. The summed E-state index contributed by atoms with van der Waals surface area (Å²) in [6.07, 6.45) is 0. The lowest BCUT2D eigenvalue weighted by molar-refractivity contribution is -0.115. The van der Waals surface area contributed by atoms with Gasteiger partial charge < -0.3 is 20.1 Å². The van der Waals surface area contributed by atoms with E-state index in [9.17, 15) is 9.59 Å². The maximum Gasteiger partial charge on any atom is 0.238 e. The van der Waals surface area contributed by atoms with Gasteiger partial charge in [-0.05, 0) is 36.8 Å². The number of ketones is 1. The molecule has 124 valence electrons. The van der Waals surface area contributed by atoms with Gasteiger partial charge in [0.15, 0.2) is 17.3 Å². The van der Waals surface area contributed by atoms with E-state index in [2.05, 4.69) is 10.6 Å². The van der Waals surface area contributed by atoms with Crippen LogP contribution in [0.2, 0.25) is 0 Å². The van der Waals surface area contributed by atoms with Crippen LogP contribution >= 0.6 is 0 Å². The van der Waals surface area contributed by atoms with Crippen LogP contribution in [0.4, 0.5) is 5.69 Å². The smallest absolute Gasteiger partial charge is 0.238 e. The van der Waals surface area contributed by atoms with Gasteiger partial charge in [0.25, 0.3) is 0 Å². The highest BCUT2D eigenvalue weighted by Crippen LogP contribution is 2.32. The fraction of sp³-hybridized carbons (Fsp3) is 0.222. The number of rotatable bonds is 6. The summed E-state index contributed by atoms with van der Waals surface area (Å²) in [5.41, 5.74) is 2.18. The van der Waals surface area contributed by atoms with Crippen molar-refractivity contribution in [3.8, 4) is 11.5 Å². The highest BCUT2D eigenvalue weighted by atomic mass is 16.7. The van der Waals surface area contributed by atoms with Crippen molar-refractivity contribution >= 4 is 17.4 Å². The van der Waals surface area contributed by atoms with Crippen LogP contribution in [0.15, 0.2) is 42.5 Å². The van der Waals surface area contributed by atoms with E-state index in [0.717, 1.165) is 17.1 Å². The molecule has 0 radical (unpaired) electrons. The third kappa shape index (κ3) is 3.91. The number of fused-ring (bicyclic) bond motifs is 1. The van der Waals surface area contributed by atoms with Crippen molar-refractivity contribution < 1.29 is 19.1 Å². The van der Waals surface area contributed by atoms with Crippen LogP contribution in [0.1, 0.15) is 22.8 Å². The lowest BCUT2D eigenvalue weighted by Crippen LogP contribution is -2.27. The lowest BCUT2D eigenvalue weighted by atomic mass is 10.1. The Morgan fingerprint density at radius 2 is 1.92 bits per heavy atom. The topological polar surface area (TPSA) is 76.7 Å². The second-order valence-corrected chi connectivity index (χ2v) is 5.48. The average molecular weight is 326 g/mol. The molecule has 0 aliphatic carbocycles. The van der Waals surface area contributed by atoms with Crippen molar-refractivity contribution in [3.63, 3.8) is 0 Å². The van der Waals surface area contributed by atoms with Crippen LogP contribution < -0.4 is 20.1 Å². The summed E-state index contributed by atoms with van der Waals surface area (Å²) in [7, 11) is 0. The fourth-order valence-electron chi connectivity index (χ4n) is 2.39. The van der Waals surface area contributed by atoms with Gasteiger partial charge in [-0.25, -0.2) is 0 Å². The minimum Gasteiger partial charge on any atom is -0.454 e. The van der Waals surface area contributed by atoms with Crippen molar-refractivity contribution in [1.82, 2.24) is 5.32 Å². The van der Waals surface area contributed by atoms with E-state index >= 15 is 0 Å². The molecular formula is C18H18N2O4. The quantitative estimate of drug-likeness (QED) is 0.797. The highest BCUT2D eigenvalue weighted by Gasteiger charge is 2.13. The first-order valence-electron chi connectivity index (χ1n) is 7.62. The van der Waals surface area contributed by atoms with Crippen molar-refractivity contribution in [2.75, 3.05) is 18.7 Å². The Balaban J connectivity index is 1.49. The largest absolute Gasteiger partial charge is 0.454 e. The van der Waals surface area contributed by atoms with Gasteiger partial charge in [-0.3, -0.25) is 9.59 Å². The first-order valence-corrected chi connectivity index (χ1v) is 7.62. The van der Waals surface area contributed by atoms with Gasteiger partial charge in [-0.1, -0.05) is 18.2 Å². The average Bonchev–Trinajstić information content (AvgIpc) is 3.02. The van der Waals surface area contributed by atoms with Gasteiger partial charge in [-0.2, -0.15) is 0 Å². The molecule has 1 aliphatic rings.